The number of hydrogen-bond donors (Lipinski definition) is 1. The fraction of sp³-hybridized carbons (Fsp3) is 0.333. The number of nitrogens with one attached hydrogen (secondary N) is 1. The summed E-state index contributed by atoms with van der Waals surface area (Å²) in [6.45, 7) is 0. The van der Waals surface area contributed by atoms with E-state index in [9.17, 15) is 9.59 Å². The number of benzene rings is 1. The maximum Gasteiger partial charge on any atom is 0.306 e. The van der Waals surface area contributed by atoms with Gasteiger partial charge in [0.15, 0.2) is 0 Å². The first-order valence-corrected chi connectivity index (χ1v) is 7.91. The van der Waals surface area contributed by atoms with Crippen molar-refractivity contribution in [3.8, 4) is 0 Å². The molecular formula is C15H15N3O3S. The van der Waals surface area contributed by atoms with Crippen molar-refractivity contribution >= 4 is 28.3 Å². The van der Waals surface area contributed by atoms with Crippen LogP contribution in [0.25, 0.3) is 0 Å². The van der Waals surface area contributed by atoms with Crippen LogP contribution in [0.4, 0.5) is 5.13 Å². The van der Waals surface area contributed by atoms with Crippen molar-refractivity contribution in [3.05, 3.63) is 41.4 Å². The molecule has 0 aliphatic carbocycles. The van der Waals surface area contributed by atoms with Gasteiger partial charge in [-0.3, -0.25) is 9.59 Å². The van der Waals surface area contributed by atoms with E-state index in [-0.39, 0.29) is 23.9 Å². The number of carbonyl (C=O) groups excluding carboxylic acids is 2. The number of hydrogen-bond acceptors (Lipinski definition) is 6. The normalized spacial score (nSPS) is 20.6. The molecule has 6 nitrogen and oxygen atoms in total. The maximum absolute atomic E-state index is 11.9. The van der Waals surface area contributed by atoms with E-state index >= 15 is 0 Å². The fourth-order valence-electron chi connectivity index (χ4n) is 2.57. The second kappa shape index (κ2) is 6.65. The van der Waals surface area contributed by atoms with Gasteiger partial charge < -0.3 is 10.1 Å². The molecule has 2 heterocycles. The summed E-state index contributed by atoms with van der Waals surface area (Å²) >= 11 is 1.27. The molecule has 1 aromatic heterocycles. The van der Waals surface area contributed by atoms with Crippen LogP contribution in [-0.4, -0.2) is 22.1 Å². The molecule has 3 rings (SSSR count). The minimum absolute atomic E-state index is 0.0232. The lowest BCUT2D eigenvalue weighted by atomic mass is 9.91. The van der Waals surface area contributed by atoms with Crippen molar-refractivity contribution in [2.75, 3.05) is 5.32 Å². The lowest BCUT2D eigenvalue weighted by Gasteiger charge is -2.17. The number of amides is 1. The number of ether oxygens (including phenoxy) is 1. The molecule has 1 N–H and O–H groups in total. The van der Waals surface area contributed by atoms with Crippen LogP contribution in [0.5, 0.6) is 0 Å². The zero-order chi connectivity index (χ0) is 15.4. The molecule has 2 atom stereocenters. The predicted molar refractivity (Wildman–Crippen MR) is 81.2 cm³/mol. The van der Waals surface area contributed by atoms with Gasteiger partial charge in [0.1, 0.15) is 11.6 Å². The Bertz CT molecular complexity index is 645. The third-order valence-corrected chi connectivity index (χ3v) is 4.20. The Morgan fingerprint density at radius 2 is 2.18 bits per heavy atom. The number of cyclic esters (lactones) is 1. The first-order valence-electron chi connectivity index (χ1n) is 7.03. The number of anilines is 1. The zero-order valence-corrected chi connectivity index (χ0v) is 12.6. The molecule has 0 spiro atoms. The van der Waals surface area contributed by atoms with Crippen LogP contribution < -0.4 is 5.32 Å². The van der Waals surface area contributed by atoms with E-state index in [0.717, 1.165) is 5.56 Å². The van der Waals surface area contributed by atoms with Gasteiger partial charge in [-0.25, -0.2) is 0 Å². The van der Waals surface area contributed by atoms with Gasteiger partial charge in [-0.1, -0.05) is 41.7 Å². The molecule has 1 amide bonds. The van der Waals surface area contributed by atoms with Gasteiger partial charge in [-0.05, 0) is 12.0 Å². The van der Waals surface area contributed by atoms with Gasteiger partial charge in [0, 0.05) is 12.3 Å². The second-order valence-corrected chi connectivity index (χ2v) is 5.95. The average molecular weight is 317 g/mol. The Balaban J connectivity index is 1.58. The van der Waals surface area contributed by atoms with Crippen molar-refractivity contribution in [2.24, 2.45) is 5.92 Å². The maximum atomic E-state index is 11.9. The van der Waals surface area contributed by atoms with Crippen LogP contribution in [-0.2, 0) is 14.3 Å². The summed E-state index contributed by atoms with van der Waals surface area (Å²) in [5.41, 5.74) is 2.53. The molecular weight excluding hydrogens is 302 g/mol. The van der Waals surface area contributed by atoms with Crippen molar-refractivity contribution in [3.63, 3.8) is 0 Å². The van der Waals surface area contributed by atoms with E-state index in [1.807, 2.05) is 30.3 Å². The SMILES string of the molecule is O=C(CC[C@H]1CC(=O)O[C@@H]1c1ccccc1)Nc1nncs1. The lowest BCUT2D eigenvalue weighted by molar-refractivity contribution is -0.141. The monoisotopic (exact) mass is 317 g/mol. The summed E-state index contributed by atoms with van der Waals surface area (Å²) in [5.74, 6) is -0.304. The molecule has 0 radical (unpaired) electrons. The Hall–Kier alpha value is -2.28. The molecule has 1 aromatic carbocycles. The lowest BCUT2D eigenvalue weighted by Crippen LogP contribution is -2.15. The molecule has 22 heavy (non-hydrogen) atoms. The van der Waals surface area contributed by atoms with Crippen LogP contribution in [0.1, 0.15) is 30.9 Å². The van der Waals surface area contributed by atoms with E-state index in [4.69, 9.17) is 4.74 Å². The predicted octanol–water partition coefficient (Wildman–Crippen LogP) is 2.56. The number of esters is 1. The Morgan fingerprint density at radius 3 is 2.91 bits per heavy atom. The van der Waals surface area contributed by atoms with E-state index in [1.54, 1.807) is 5.51 Å². The van der Waals surface area contributed by atoms with Gasteiger partial charge in [0.2, 0.25) is 11.0 Å². The second-order valence-electron chi connectivity index (χ2n) is 5.12. The van der Waals surface area contributed by atoms with E-state index in [0.29, 0.717) is 24.4 Å². The number of nitrogens with zero attached hydrogens (tertiary/aromatic N) is 2. The number of carbonyl (C=O) groups is 2. The largest absolute Gasteiger partial charge is 0.457 e. The summed E-state index contributed by atoms with van der Waals surface area (Å²) in [6.07, 6.45) is 1.01. The summed E-state index contributed by atoms with van der Waals surface area (Å²) in [6, 6.07) is 9.64. The minimum Gasteiger partial charge on any atom is -0.457 e. The molecule has 7 heteroatoms. The highest BCUT2D eigenvalue weighted by atomic mass is 32.1. The molecule has 0 saturated carbocycles. The van der Waals surface area contributed by atoms with Crippen LogP contribution >= 0.6 is 11.3 Å². The van der Waals surface area contributed by atoms with Gasteiger partial charge in [0.05, 0.1) is 6.42 Å². The summed E-state index contributed by atoms with van der Waals surface area (Å²) in [5, 5.41) is 10.6. The average Bonchev–Trinajstić information content (AvgIpc) is 3.15. The van der Waals surface area contributed by atoms with Crippen LogP contribution in [0, 0.1) is 5.92 Å². The third kappa shape index (κ3) is 3.48. The fourth-order valence-corrected chi connectivity index (χ4v) is 3.03. The zero-order valence-electron chi connectivity index (χ0n) is 11.8. The first kappa shape index (κ1) is 14.6. The summed E-state index contributed by atoms with van der Waals surface area (Å²) in [4.78, 5) is 23.5. The highest BCUT2D eigenvalue weighted by Gasteiger charge is 2.35. The molecule has 0 unspecified atom stereocenters. The molecule has 1 fully saturated rings. The Labute approximate surface area is 131 Å². The van der Waals surface area contributed by atoms with Crippen molar-refractivity contribution in [1.82, 2.24) is 10.2 Å². The van der Waals surface area contributed by atoms with E-state index < -0.39 is 0 Å². The quantitative estimate of drug-likeness (QED) is 0.857. The molecule has 1 saturated heterocycles. The molecule has 1 aliphatic heterocycles. The van der Waals surface area contributed by atoms with Crippen LogP contribution in [0.15, 0.2) is 35.8 Å². The topological polar surface area (TPSA) is 81.2 Å². The van der Waals surface area contributed by atoms with Crippen molar-refractivity contribution in [1.29, 1.82) is 0 Å². The Kier molecular flexibility index (Phi) is 4.43. The minimum atomic E-state index is -0.261. The summed E-state index contributed by atoms with van der Waals surface area (Å²) < 4.78 is 5.41. The smallest absolute Gasteiger partial charge is 0.306 e. The van der Waals surface area contributed by atoms with Gasteiger partial charge in [-0.2, -0.15) is 0 Å². The van der Waals surface area contributed by atoms with Crippen LogP contribution in [0.3, 0.4) is 0 Å². The van der Waals surface area contributed by atoms with E-state index in [1.165, 1.54) is 11.3 Å². The molecule has 2 aromatic rings. The van der Waals surface area contributed by atoms with Gasteiger partial charge >= 0.3 is 5.97 Å². The van der Waals surface area contributed by atoms with Crippen molar-refractivity contribution < 1.29 is 14.3 Å². The van der Waals surface area contributed by atoms with E-state index in [2.05, 4.69) is 15.5 Å². The standard InChI is InChI=1S/C15H15N3O3S/c19-12(17-15-18-16-9-22-15)7-6-11-8-13(20)21-14(11)10-4-2-1-3-5-10/h1-5,9,11,14H,6-8H2,(H,17,18,19)/t11-,14+/m0/s1. The number of aromatic nitrogens is 2. The molecule has 1 aliphatic rings. The first-order chi connectivity index (χ1) is 10.7. The summed E-state index contributed by atoms with van der Waals surface area (Å²) in [7, 11) is 0. The van der Waals surface area contributed by atoms with Crippen LogP contribution in [0.2, 0.25) is 0 Å². The molecule has 0 bridgehead atoms. The van der Waals surface area contributed by atoms with Gasteiger partial charge in [-0.15, -0.1) is 10.2 Å². The highest BCUT2D eigenvalue weighted by Crippen LogP contribution is 2.38. The molecule has 114 valence electrons. The Morgan fingerprint density at radius 1 is 1.36 bits per heavy atom. The third-order valence-electron chi connectivity index (χ3n) is 3.59. The van der Waals surface area contributed by atoms with Crippen molar-refractivity contribution in [2.45, 2.75) is 25.4 Å². The highest BCUT2D eigenvalue weighted by molar-refractivity contribution is 7.13. The number of rotatable bonds is 5. The van der Waals surface area contributed by atoms with Gasteiger partial charge in [0.25, 0.3) is 0 Å².